The van der Waals surface area contributed by atoms with Crippen LogP contribution in [0.2, 0.25) is 5.02 Å². The predicted octanol–water partition coefficient (Wildman–Crippen LogP) is 4.55. The summed E-state index contributed by atoms with van der Waals surface area (Å²) in [5, 5.41) is 0.442. The van der Waals surface area contributed by atoms with Gasteiger partial charge in [0.25, 0.3) is 0 Å². The van der Waals surface area contributed by atoms with Crippen molar-refractivity contribution in [2.75, 3.05) is 17.2 Å². The number of halogens is 4. The lowest BCUT2D eigenvalue weighted by Gasteiger charge is -2.29. The first-order valence-electron chi connectivity index (χ1n) is 7.63. The number of nitrogen functional groups attached to an aromatic ring is 1. The number of rotatable bonds is 3. The smallest absolute Gasteiger partial charge is 0.390 e. The second kappa shape index (κ2) is 6.49. The lowest BCUT2D eigenvalue weighted by molar-refractivity contribution is -0.137. The number of nitrogens with two attached hydrogens (primary N) is 1. The van der Waals surface area contributed by atoms with Gasteiger partial charge in [0.1, 0.15) is 5.82 Å². The molecule has 3 rings (SSSR count). The summed E-state index contributed by atoms with van der Waals surface area (Å²) < 4.78 is 38.2. The summed E-state index contributed by atoms with van der Waals surface area (Å²) in [7, 11) is 0. The summed E-state index contributed by atoms with van der Waals surface area (Å²) in [6, 6.07) is 0.883. The van der Waals surface area contributed by atoms with E-state index in [9.17, 15) is 18.0 Å². The Labute approximate surface area is 151 Å². The molecule has 0 bridgehead atoms. The minimum Gasteiger partial charge on any atom is -0.390 e. The molecule has 0 spiro atoms. The van der Waals surface area contributed by atoms with Gasteiger partial charge in [-0.3, -0.25) is 4.79 Å². The van der Waals surface area contributed by atoms with Crippen LogP contribution in [0, 0.1) is 0 Å². The Hall–Kier alpha value is -1.80. The zero-order valence-electron chi connectivity index (χ0n) is 13.3. The topological polar surface area (TPSA) is 59.2 Å². The van der Waals surface area contributed by atoms with Gasteiger partial charge in [0, 0.05) is 24.0 Å². The second-order valence-corrected chi connectivity index (χ2v) is 7.26. The molecule has 134 valence electrons. The molecule has 9 heteroatoms. The zero-order chi connectivity index (χ0) is 18.4. The molecule has 4 nitrogen and oxygen atoms in total. The van der Waals surface area contributed by atoms with Crippen LogP contribution in [-0.2, 0) is 19.1 Å². The van der Waals surface area contributed by atoms with Crippen LogP contribution in [0.5, 0.6) is 0 Å². The summed E-state index contributed by atoms with van der Waals surface area (Å²) in [6.45, 7) is 2.71. The van der Waals surface area contributed by atoms with Gasteiger partial charge in [0.05, 0.1) is 27.7 Å². The van der Waals surface area contributed by atoms with Crippen LogP contribution in [0.15, 0.2) is 12.3 Å². The number of thiophene rings is 1. The zero-order valence-corrected chi connectivity index (χ0v) is 14.9. The van der Waals surface area contributed by atoms with Crippen molar-refractivity contribution in [2.45, 2.75) is 32.5 Å². The quantitative estimate of drug-likeness (QED) is 0.782. The minimum atomic E-state index is -4.48. The first-order chi connectivity index (χ1) is 11.7. The maximum Gasteiger partial charge on any atom is 0.417 e. The monoisotopic (exact) mass is 389 g/mol. The van der Waals surface area contributed by atoms with E-state index in [1.807, 2.05) is 0 Å². The number of Topliss-reactive ketones (excluding diaryl/α,β-unsaturated/α-hetero) is 1. The highest BCUT2D eigenvalue weighted by Gasteiger charge is 2.33. The molecule has 25 heavy (non-hydrogen) atoms. The lowest BCUT2D eigenvalue weighted by atomic mass is 9.99. The number of hydrogen-bond acceptors (Lipinski definition) is 5. The van der Waals surface area contributed by atoms with E-state index in [0.717, 1.165) is 22.7 Å². The van der Waals surface area contributed by atoms with Crippen molar-refractivity contribution >= 4 is 39.5 Å². The van der Waals surface area contributed by atoms with E-state index in [1.165, 1.54) is 11.3 Å². The molecule has 0 atom stereocenters. The number of alkyl halides is 3. The third kappa shape index (κ3) is 3.32. The number of carbonyl (C=O) groups excluding carboxylic acids is 1. The standard InChI is InChI=1S/C16H15ClF3N3OS/c1-2-11(24)13-9-3-4-23(7-12(9)25-14(13)21)15-10(17)5-8(6-22-15)16(18,19)20/h5-6H,2-4,7,21H2,1H3. The molecule has 0 aliphatic carbocycles. The lowest BCUT2D eigenvalue weighted by Crippen LogP contribution is -2.31. The van der Waals surface area contributed by atoms with Crippen LogP contribution in [0.4, 0.5) is 24.0 Å². The molecule has 3 heterocycles. The number of fused-ring (bicyclic) bond motifs is 1. The number of hydrogen-bond donors (Lipinski definition) is 1. The fourth-order valence-corrected chi connectivity index (χ4v) is 4.34. The van der Waals surface area contributed by atoms with Crippen molar-refractivity contribution in [1.29, 1.82) is 0 Å². The Morgan fingerprint density at radius 2 is 2.20 bits per heavy atom. The predicted molar refractivity (Wildman–Crippen MR) is 92.4 cm³/mol. The summed E-state index contributed by atoms with van der Waals surface area (Å²) >= 11 is 7.36. The third-order valence-corrected chi connectivity index (χ3v) is 5.46. The van der Waals surface area contributed by atoms with Gasteiger partial charge in [0.15, 0.2) is 5.78 Å². The number of carbonyl (C=O) groups is 1. The first-order valence-corrected chi connectivity index (χ1v) is 8.82. The van der Waals surface area contributed by atoms with Gasteiger partial charge < -0.3 is 10.6 Å². The van der Waals surface area contributed by atoms with Gasteiger partial charge >= 0.3 is 6.18 Å². The number of ketones is 1. The summed E-state index contributed by atoms with van der Waals surface area (Å²) in [4.78, 5) is 18.7. The third-order valence-electron chi connectivity index (χ3n) is 4.13. The highest BCUT2D eigenvalue weighted by Crippen LogP contribution is 2.39. The summed E-state index contributed by atoms with van der Waals surface area (Å²) in [5.41, 5.74) is 6.64. The van der Waals surface area contributed by atoms with Crippen molar-refractivity contribution in [2.24, 2.45) is 0 Å². The molecule has 2 aromatic rings. The average Bonchev–Trinajstić information content (AvgIpc) is 2.88. The molecule has 2 aromatic heterocycles. The van der Waals surface area contributed by atoms with Crippen LogP contribution in [0.25, 0.3) is 0 Å². The Morgan fingerprint density at radius 3 is 2.80 bits per heavy atom. The normalized spacial score (nSPS) is 14.5. The number of aromatic nitrogens is 1. The molecule has 2 N–H and O–H groups in total. The van der Waals surface area contributed by atoms with Crippen molar-refractivity contribution < 1.29 is 18.0 Å². The SMILES string of the molecule is CCC(=O)c1c(N)sc2c1CCN(c1ncc(C(F)(F)F)cc1Cl)C2. The van der Waals surface area contributed by atoms with E-state index < -0.39 is 11.7 Å². The van der Waals surface area contributed by atoms with Crippen LogP contribution >= 0.6 is 22.9 Å². The molecule has 1 aliphatic rings. The van der Waals surface area contributed by atoms with E-state index >= 15 is 0 Å². The van der Waals surface area contributed by atoms with Crippen LogP contribution in [0.1, 0.15) is 39.7 Å². The number of anilines is 2. The maximum atomic E-state index is 12.7. The van der Waals surface area contributed by atoms with E-state index in [0.29, 0.717) is 42.3 Å². The Balaban J connectivity index is 1.90. The number of nitrogens with zero attached hydrogens (tertiary/aromatic N) is 2. The highest BCUT2D eigenvalue weighted by molar-refractivity contribution is 7.16. The highest BCUT2D eigenvalue weighted by atomic mass is 35.5. The molecule has 0 radical (unpaired) electrons. The van der Waals surface area contributed by atoms with Gasteiger partial charge in [-0.05, 0) is 18.1 Å². The van der Waals surface area contributed by atoms with E-state index in [2.05, 4.69) is 4.98 Å². The van der Waals surface area contributed by atoms with E-state index in [1.54, 1.807) is 11.8 Å². The van der Waals surface area contributed by atoms with Crippen LogP contribution in [-0.4, -0.2) is 17.3 Å². The number of pyridine rings is 1. The Kier molecular flexibility index (Phi) is 4.68. The van der Waals surface area contributed by atoms with Gasteiger partial charge in [-0.1, -0.05) is 18.5 Å². The second-order valence-electron chi connectivity index (χ2n) is 5.72. The first kappa shape index (κ1) is 18.0. The fourth-order valence-electron chi connectivity index (χ4n) is 2.91. The maximum absolute atomic E-state index is 12.7. The van der Waals surface area contributed by atoms with Crippen molar-refractivity contribution in [1.82, 2.24) is 4.98 Å². The molecule has 0 saturated heterocycles. The molecule has 0 amide bonds. The molecule has 1 aliphatic heterocycles. The Bertz CT molecular complexity index is 835. The van der Waals surface area contributed by atoms with Gasteiger partial charge in [-0.2, -0.15) is 13.2 Å². The van der Waals surface area contributed by atoms with E-state index in [4.69, 9.17) is 17.3 Å². The molecule has 0 saturated carbocycles. The average molecular weight is 390 g/mol. The van der Waals surface area contributed by atoms with Crippen LogP contribution in [0.3, 0.4) is 0 Å². The fraction of sp³-hybridized carbons (Fsp3) is 0.375. The molecular formula is C16H15ClF3N3OS. The molecule has 0 fully saturated rings. The largest absolute Gasteiger partial charge is 0.417 e. The van der Waals surface area contributed by atoms with Gasteiger partial charge in [-0.25, -0.2) is 4.98 Å². The van der Waals surface area contributed by atoms with E-state index in [-0.39, 0.29) is 10.8 Å². The van der Waals surface area contributed by atoms with Gasteiger partial charge in [-0.15, -0.1) is 11.3 Å². The summed E-state index contributed by atoms with van der Waals surface area (Å²) in [6.07, 6.45) is -2.75. The van der Waals surface area contributed by atoms with Crippen molar-refractivity contribution in [3.63, 3.8) is 0 Å². The molecule has 0 aromatic carbocycles. The molecular weight excluding hydrogens is 375 g/mol. The Morgan fingerprint density at radius 1 is 1.48 bits per heavy atom. The summed E-state index contributed by atoms with van der Waals surface area (Å²) in [5.74, 6) is 0.310. The van der Waals surface area contributed by atoms with Crippen molar-refractivity contribution in [3.8, 4) is 0 Å². The van der Waals surface area contributed by atoms with Gasteiger partial charge in [0.2, 0.25) is 0 Å². The van der Waals surface area contributed by atoms with Crippen molar-refractivity contribution in [3.05, 3.63) is 38.9 Å². The van der Waals surface area contributed by atoms with Crippen LogP contribution < -0.4 is 10.6 Å². The minimum absolute atomic E-state index is 0.00846. The molecule has 0 unspecified atom stereocenters.